The Morgan fingerprint density at radius 2 is 2.58 bits per heavy atom. The van der Waals surface area contributed by atoms with Gasteiger partial charge in [-0.25, -0.2) is 0 Å². The molecule has 3 heteroatoms. The number of nitrogens with two attached hydrogens (primary N) is 1. The summed E-state index contributed by atoms with van der Waals surface area (Å²) in [6, 6.07) is 2.37. The SMILES string of the molecule is C=CCNC(CN)c1ccsc1. The molecule has 66 valence electrons. The molecule has 2 nitrogen and oxygen atoms in total. The highest BCUT2D eigenvalue weighted by Crippen LogP contribution is 2.14. The maximum Gasteiger partial charge on any atom is 0.0455 e. The molecule has 1 rings (SSSR count). The van der Waals surface area contributed by atoms with Crippen LogP contribution in [0.5, 0.6) is 0 Å². The van der Waals surface area contributed by atoms with E-state index in [2.05, 4.69) is 28.7 Å². The van der Waals surface area contributed by atoms with Crippen LogP contribution in [-0.2, 0) is 0 Å². The van der Waals surface area contributed by atoms with Crippen molar-refractivity contribution in [2.24, 2.45) is 5.73 Å². The Morgan fingerprint density at radius 1 is 1.75 bits per heavy atom. The topological polar surface area (TPSA) is 38.0 Å². The molecule has 0 aliphatic rings. The average molecular weight is 182 g/mol. The van der Waals surface area contributed by atoms with Crippen LogP contribution in [0.1, 0.15) is 11.6 Å². The summed E-state index contributed by atoms with van der Waals surface area (Å²) in [5.74, 6) is 0. The summed E-state index contributed by atoms with van der Waals surface area (Å²) in [7, 11) is 0. The summed E-state index contributed by atoms with van der Waals surface area (Å²) < 4.78 is 0. The third-order valence-corrected chi connectivity index (χ3v) is 2.39. The van der Waals surface area contributed by atoms with Gasteiger partial charge >= 0.3 is 0 Å². The highest BCUT2D eigenvalue weighted by atomic mass is 32.1. The zero-order valence-corrected chi connectivity index (χ0v) is 7.81. The first kappa shape index (κ1) is 9.45. The lowest BCUT2D eigenvalue weighted by atomic mass is 10.1. The van der Waals surface area contributed by atoms with Crippen LogP contribution < -0.4 is 11.1 Å². The van der Waals surface area contributed by atoms with Crippen molar-refractivity contribution in [3.05, 3.63) is 35.0 Å². The van der Waals surface area contributed by atoms with Crippen molar-refractivity contribution >= 4 is 11.3 Å². The summed E-state index contributed by atoms with van der Waals surface area (Å²) >= 11 is 1.70. The summed E-state index contributed by atoms with van der Waals surface area (Å²) in [5, 5.41) is 7.47. The first-order chi connectivity index (χ1) is 5.88. The van der Waals surface area contributed by atoms with Crippen molar-refractivity contribution in [1.82, 2.24) is 5.32 Å². The Balaban J connectivity index is 2.51. The lowest BCUT2D eigenvalue weighted by Gasteiger charge is -2.13. The monoisotopic (exact) mass is 182 g/mol. The van der Waals surface area contributed by atoms with E-state index in [-0.39, 0.29) is 6.04 Å². The van der Waals surface area contributed by atoms with Crippen LogP contribution in [0, 0.1) is 0 Å². The fourth-order valence-electron chi connectivity index (χ4n) is 1.04. The number of nitrogens with one attached hydrogen (secondary N) is 1. The summed E-state index contributed by atoms with van der Waals surface area (Å²) in [5.41, 5.74) is 6.88. The second-order valence-electron chi connectivity index (χ2n) is 2.54. The zero-order valence-electron chi connectivity index (χ0n) is 6.99. The van der Waals surface area contributed by atoms with E-state index in [1.54, 1.807) is 11.3 Å². The van der Waals surface area contributed by atoms with Crippen LogP contribution in [0.3, 0.4) is 0 Å². The molecule has 0 aliphatic carbocycles. The lowest BCUT2D eigenvalue weighted by Crippen LogP contribution is -2.27. The number of hydrogen-bond acceptors (Lipinski definition) is 3. The Hall–Kier alpha value is -0.640. The van der Waals surface area contributed by atoms with Crippen molar-refractivity contribution in [3.8, 4) is 0 Å². The van der Waals surface area contributed by atoms with E-state index < -0.39 is 0 Å². The van der Waals surface area contributed by atoms with Gasteiger partial charge in [-0.05, 0) is 22.4 Å². The van der Waals surface area contributed by atoms with E-state index in [9.17, 15) is 0 Å². The standard InChI is InChI=1S/C9H14N2S/c1-2-4-11-9(6-10)8-3-5-12-7-8/h2-3,5,7,9,11H,1,4,6,10H2. The van der Waals surface area contributed by atoms with E-state index in [0.717, 1.165) is 6.54 Å². The molecule has 3 N–H and O–H groups in total. The molecule has 1 atom stereocenters. The first-order valence-corrected chi connectivity index (χ1v) is 4.89. The van der Waals surface area contributed by atoms with Crippen LogP contribution >= 0.6 is 11.3 Å². The van der Waals surface area contributed by atoms with E-state index >= 15 is 0 Å². The van der Waals surface area contributed by atoms with Crippen LogP contribution in [0.2, 0.25) is 0 Å². The van der Waals surface area contributed by atoms with Crippen molar-refractivity contribution in [3.63, 3.8) is 0 Å². The van der Waals surface area contributed by atoms with Gasteiger partial charge in [0.2, 0.25) is 0 Å². The van der Waals surface area contributed by atoms with Gasteiger partial charge < -0.3 is 11.1 Å². The molecule has 0 fully saturated rings. The van der Waals surface area contributed by atoms with Gasteiger partial charge in [-0.1, -0.05) is 6.08 Å². The number of hydrogen-bond donors (Lipinski definition) is 2. The normalized spacial score (nSPS) is 12.8. The molecule has 0 aliphatic heterocycles. The molecule has 1 aromatic rings. The minimum Gasteiger partial charge on any atom is -0.329 e. The second kappa shape index (κ2) is 5.09. The molecule has 12 heavy (non-hydrogen) atoms. The van der Waals surface area contributed by atoms with Gasteiger partial charge in [0, 0.05) is 19.1 Å². The van der Waals surface area contributed by atoms with E-state index in [4.69, 9.17) is 5.73 Å². The summed E-state index contributed by atoms with van der Waals surface area (Å²) in [6.45, 7) is 5.08. The molecular weight excluding hydrogens is 168 g/mol. The summed E-state index contributed by atoms with van der Waals surface area (Å²) in [4.78, 5) is 0. The quantitative estimate of drug-likeness (QED) is 0.678. The highest BCUT2D eigenvalue weighted by molar-refractivity contribution is 7.07. The minimum atomic E-state index is 0.272. The Bertz CT molecular complexity index is 218. The Labute approximate surface area is 77.1 Å². The predicted octanol–water partition coefficient (Wildman–Crippen LogP) is 1.52. The van der Waals surface area contributed by atoms with Gasteiger partial charge in [-0.15, -0.1) is 6.58 Å². The van der Waals surface area contributed by atoms with E-state index in [0.29, 0.717) is 6.54 Å². The maximum atomic E-state index is 5.61. The molecule has 0 bridgehead atoms. The first-order valence-electron chi connectivity index (χ1n) is 3.95. The van der Waals surface area contributed by atoms with E-state index in [1.807, 2.05) is 6.08 Å². The smallest absolute Gasteiger partial charge is 0.0455 e. The van der Waals surface area contributed by atoms with Crippen LogP contribution in [-0.4, -0.2) is 13.1 Å². The maximum absolute atomic E-state index is 5.61. The number of thiophene rings is 1. The molecule has 1 aromatic heterocycles. The molecule has 0 spiro atoms. The average Bonchev–Trinajstić information content (AvgIpc) is 2.59. The third kappa shape index (κ3) is 2.44. The van der Waals surface area contributed by atoms with Crippen molar-refractivity contribution < 1.29 is 0 Å². The third-order valence-electron chi connectivity index (χ3n) is 1.69. The fraction of sp³-hybridized carbons (Fsp3) is 0.333. The molecule has 0 saturated carbocycles. The lowest BCUT2D eigenvalue weighted by molar-refractivity contribution is 0.579. The highest BCUT2D eigenvalue weighted by Gasteiger charge is 2.06. The molecule has 1 unspecified atom stereocenters. The minimum absolute atomic E-state index is 0.272. The molecular formula is C9H14N2S. The van der Waals surface area contributed by atoms with Gasteiger partial charge in [0.05, 0.1) is 0 Å². The largest absolute Gasteiger partial charge is 0.329 e. The predicted molar refractivity (Wildman–Crippen MR) is 54.3 cm³/mol. The number of rotatable bonds is 5. The van der Waals surface area contributed by atoms with Crippen molar-refractivity contribution in [2.75, 3.05) is 13.1 Å². The van der Waals surface area contributed by atoms with Crippen LogP contribution in [0.15, 0.2) is 29.5 Å². The zero-order chi connectivity index (χ0) is 8.81. The molecule has 0 amide bonds. The Morgan fingerprint density at radius 3 is 3.08 bits per heavy atom. The fourth-order valence-corrected chi connectivity index (χ4v) is 1.75. The Kier molecular flexibility index (Phi) is 4.00. The van der Waals surface area contributed by atoms with Crippen molar-refractivity contribution in [1.29, 1.82) is 0 Å². The van der Waals surface area contributed by atoms with Crippen molar-refractivity contribution in [2.45, 2.75) is 6.04 Å². The van der Waals surface area contributed by atoms with Crippen LogP contribution in [0.4, 0.5) is 0 Å². The molecule has 1 heterocycles. The van der Waals surface area contributed by atoms with Gasteiger partial charge in [-0.3, -0.25) is 0 Å². The van der Waals surface area contributed by atoms with Gasteiger partial charge in [-0.2, -0.15) is 11.3 Å². The molecule has 0 aromatic carbocycles. The van der Waals surface area contributed by atoms with Gasteiger partial charge in [0.1, 0.15) is 0 Å². The summed E-state index contributed by atoms with van der Waals surface area (Å²) in [6.07, 6.45) is 1.84. The van der Waals surface area contributed by atoms with Crippen LogP contribution in [0.25, 0.3) is 0 Å². The van der Waals surface area contributed by atoms with E-state index in [1.165, 1.54) is 5.56 Å². The van der Waals surface area contributed by atoms with Gasteiger partial charge in [0.25, 0.3) is 0 Å². The second-order valence-corrected chi connectivity index (χ2v) is 3.32. The molecule has 0 radical (unpaired) electrons. The molecule has 0 saturated heterocycles. The van der Waals surface area contributed by atoms with Gasteiger partial charge in [0.15, 0.2) is 0 Å².